The second-order valence-corrected chi connectivity index (χ2v) is 5.36. The molecule has 0 bridgehead atoms. The van der Waals surface area contributed by atoms with Crippen molar-refractivity contribution in [2.75, 3.05) is 0 Å². The quantitative estimate of drug-likeness (QED) is 0.670. The van der Waals surface area contributed by atoms with E-state index in [2.05, 4.69) is 27.7 Å². The first-order valence-corrected chi connectivity index (χ1v) is 6.76. The predicted molar refractivity (Wildman–Crippen MR) is 74.1 cm³/mol. The smallest absolute Gasteiger partial charge is 0.303 e. The van der Waals surface area contributed by atoms with Gasteiger partial charge in [0.2, 0.25) is 0 Å². The van der Waals surface area contributed by atoms with Crippen LogP contribution in [0.15, 0.2) is 0 Å². The summed E-state index contributed by atoms with van der Waals surface area (Å²) in [6.45, 7) is 10.6. The Balaban J connectivity index is 0. The van der Waals surface area contributed by atoms with E-state index in [4.69, 9.17) is 10.8 Å². The fraction of sp³-hybridized carbons (Fsp3) is 0.929. The highest BCUT2D eigenvalue weighted by molar-refractivity contribution is 5.66. The van der Waals surface area contributed by atoms with Crippen LogP contribution in [0, 0.1) is 5.92 Å². The zero-order valence-corrected chi connectivity index (χ0v) is 12.3. The van der Waals surface area contributed by atoms with Gasteiger partial charge in [-0.25, -0.2) is 0 Å². The fourth-order valence-corrected chi connectivity index (χ4v) is 1.29. The summed E-state index contributed by atoms with van der Waals surface area (Å²) < 4.78 is 0. The van der Waals surface area contributed by atoms with Gasteiger partial charge in [0.15, 0.2) is 0 Å². The van der Waals surface area contributed by atoms with Crippen LogP contribution in [0.5, 0.6) is 0 Å². The maximum Gasteiger partial charge on any atom is 0.303 e. The molecule has 104 valence electrons. The van der Waals surface area contributed by atoms with Gasteiger partial charge >= 0.3 is 5.97 Å². The molecule has 0 fully saturated rings. The molecular formula is C14H31NO2. The van der Waals surface area contributed by atoms with Crippen molar-refractivity contribution in [2.24, 2.45) is 11.7 Å². The molecule has 0 aliphatic carbocycles. The lowest BCUT2D eigenvalue weighted by Gasteiger charge is -2.27. The summed E-state index contributed by atoms with van der Waals surface area (Å²) in [5, 5.41) is 7.91. The average Bonchev–Trinajstić information content (AvgIpc) is 2.17. The van der Waals surface area contributed by atoms with Gasteiger partial charge in [0.05, 0.1) is 0 Å². The number of aliphatic carboxylic acids is 1. The zero-order chi connectivity index (χ0) is 13.9. The van der Waals surface area contributed by atoms with Crippen LogP contribution < -0.4 is 5.73 Å². The molecule has 0 aliphatic rings. The van der Waals surface area contributed by atoms with Crippen LogP contribution in [0.1, 0.15) is 73.1 Å². The summed E-state index contributed by atoms with van der Waals surface area (Å²) in [4.78, 5) is 9.60. The molecule has 0 amide bonds. The topological polar surface area (TPSA) is 63.3 Å². The molecule has 3 N–H and O–H groups in total. The lowest BCUT2D eigenvalue weighted by Crippen LogP contribution is -2.39. The monoisotopic (exact) mass is 245 g/mol. The van der Waals surface area contributed by atoms with Gasteiger partial charge in [0, 0.05) is 12.0 Å². The number of unbranched alkanes of at least 4 members (excludes halogenated alkanes) is 2. The van der Waals surface area contributed by atoms with Crippen LogP contribution in [0.2, 0.25) is 0 Å². The van der Waals surface area contributed by atoms with E-state index >= 15 is 0 Å². The van der Waals surface area contributed by atoms with Crippen LogP contribution in [0.4, 0.5) is 0 Å². The maximum atomic E-state index is 9.60. The van der Waals surface area contributed by atoms with Gasteiger partial charge in [-0.1, -0.05) is 40.0 Å². The van der Waals surface area contributed by atoms with E-state index in [1.54, 1.807) is 0 Å². The number of hydrogen-bond donors (Lipinski definition) is 2. The molecule has 0 aromatic carbocycles. The van der Waals surface area contributed by atoms with Crippen molar-refractivity contribution >= 4 is 5.97 Å². The van der Waals surface area contributed by atoms with Gasteiger partial charge in [0.1, 0.15) is 0 Å². The summed E-state index contributed by atoms with van der Waals surface area (Å²) >= 11 is 0. The van der Waals surface area contributed by atoms with E-state index < -0.39 is 5.97 Å². The summed E-state index contributed by atoms with van der Waals surface area (Å²) in [7, 11) is 0. The Labute approximate surface area is 107 Å². The second-order valence-electron chi connectivity index (χ2n) is 5.36. The van der Waals surface area contributed by atoms with Crippen LogP contribution in [-0.2, 0) is 4.79 Å². The molecule has 0 aromatic heterocycles. The minimum atomic E-state index is -0.711. The number of carbonyl (C=O) groups is 1. The highest BCUT2D eigenvalue weighted by Gasteiger charge is 2.19. The SMILES string of the molecule is CCCC(=O)O.CCCCCC(C)C(C)(C)N. The molecule has 0 aliphatic heterocycles. The van der Waals surface area contributed by atoms with Gasteiger partial charge in [0.25, 0.3) is 0 Å². The molecule has 17 heavy (non-hydrogen) atoms. The van der Waals surface area contributed by atoms with Crippen molar-refractivity contribution in [3.05, 3.63) is 0 Å². The van der Waals surface area contributed by atoms with Crippen LogP contribution in [-0.4, -0.2) is 16.6 Å². The number of carboxylic acids is 1. The fourth-order valence-electron chi connectivity index (χ4n) is 1.29. The van der Waals surface area contributed by atoms with Crippen molar-refractivity contribution in [1.82, 2.24) is 0 Å². The molecule has 0 saturated heterocycles. The predicted octanol–water partition coefficient (Wildman–Crippen LogP) is 3.81. The molecule has 0 spiro atoms. The van der Waals surface area contributed by atoms with Gasteiger partial charge < -0.3 is 10.8 Å². The Morgan fingerprint density at radius 3 is 2.00 bits per heavy atom. The summed E-state index contributed by atoms with van der Waals surface area (Å²) in [6, 6.07) is 0. The average molecular weight is 245 g/mol. The van der Waals surface area contributed by atoms with E-state index in [1.807, 2.05) is 6.92 Å². The minimum Gasteiger partial charge on any atom is -0.481 e. The van der Waals surface area contributed by atoms with Gasteiger partial charge in [-0.05, 0) is 32.6 Å². The Kier molecular flexibility index (Phi) is 11.7. The number of hydrogen-bond acceptors (Lipinski definition) is 2. The first kappa shape index (κ1) is 18.8. The third-order valence-electron chi connectivity index (χ3n) is 2.97. The first-order chi connectivity index (χ1) is 7.75. The van der Waals surface area contributed by atoms with Crippen molar-refractivity contribution in [1.29, 1.82) is 0 Å². The molecule has 0 saturated carbocycles. The standard InChI is InChI=1S/C10H23N.C4H8O2/c1-5-6-7-8-9(2)10(3,4)11;1-2-3-4(5)6/h9H,5-8,11H2,1-4H3;2-3H2,1H3,(H,5,6). The van der Waals surface area contributed by atoms with Crippen LogP contribution in [0.25, 0.3) is 0 Å². The summed E-state index contributed by atoms with van der Waals surface area (Å²) in [5.41, 5.74) is 5.97. The summed E-state index contributed by atoms with van der Waals surface area (Å²) in [6.07, 6.45) is 6.28. The molecule has 0 radical (unpaired) electrons. The molecular weight excluding hydrogens is 214 g/mol. The molecule has 3 heteroatoms. The normalized spacial score (nSPS) is 12.6. The molecule has 1 atom stereocenters. The Bertz CT molecular complexity index is 185. The number of nitrogens with two attached hydrogens (primary N) is 1. The van der Waals surface area contributed by atoms with E-state index in [0.29, 0.717) is 12.3 Å². The minimum absolute atomic E-state index is 0.00768. The Morgan fingerprint density at radius 1 is 1.24 bits per heavy atom. The van der Waals surface area contributed by atoms with E-state index in [-0.39, 0.29) is 5.54 Å². The lowest BCUT2D eigenvalue weighted by molar-refractivity contribution is -0.137. The highest BCUT2D eigenvalue weighted by Crippen LogP contribution is 2.19. The van der Waals surface area contributed by atoms with Gasteiger partial charge in [-0.2, -0.15) is 0 Å². The van der Waals surface area contributed by atoms with Crippen molar-refractivity contribution < 1.29 is 9.90 Å². The third-order valence-corrected chi connectivity index (χ3v) is 2.97. The lowest BCUT2D eigenvalue weighted by atomic mass is 9.86. The van der Waals surface area contributed by atoms with E-state index in [9.17, 15) is 4.79 Å². The Hall–Kier alpha value is -0.570. The third kappa shape index (κ3) is 15.4. The van der Waals surface area contributed by atoms with Gasteiger partial charge in [-0.3, -0.25) is 4.79 Å². The maximum absolute atomic E-state index is 9.60. The molecule has 1 unspecified atom stereocenters. The van der Waals surface area contributed by atoms with Crippen LogP contribution in [0.3, 0.4) is 0 Å². The molecule has 3 nitrogen and oxygen atoms in total. The highest BCUT2D eigenvalue weighted by atomic mass is 16.4. The number of carboxylic acid groups (broad SMARTS) is 1. The first-order valence-electron chi connectivity index (χ1n) is 6.76. The largest absolute Gasteiger partial charge is 0.481 e. The number of rotatable bonds is 7. The van der Waals surface area contributed by atoms with E-state index in [0.717, 1.165) is 6.42 Å². The molecule has 0 rings (SSSR count). The zero-order valence-electron chi connectivity index (χ0n) is 12.3. The second kappa shape index (κ2) is 10.6. The molecule has 0 aromatic rings. The van der Waals surface area contributed by atoms with E-state index in [1.165, 1.54) is 25.7 Å². The van der Waals surface area contributed by atoms with Crippen molar-refractivity contribution in [2.45, 2.75) is 78.7 Å². The van der Waals surface area contributed by atoms with Crippen molar-refractivity contribution in [3.8, 4) is 0 Å². The Morgan fingerprint density at radius 2 is 1.76 bits per heavy atom. The van der Waals surface area contributed by atoms with Crippen LogP contribution >= 0.6 is 0 Å². The molecule has 0 heterocycles. The van der Waals surface area contributed by atoms with Gasteiger partial charge in [-0.15, -0.1) is 0 Å². The summed E-state index contributed by atoms with van der Waals surface area (Å²) in [5.74, 6) is -0.0634. The van der Waals surface area contributed by atoms with Crippen molar-refractivity contribution in [3.63, 3.8) is 0 Å².